The van der Waals surface area contributed by atoms with E-state index in [1.807, 2.05) is 26.8 Å². The van der Waals surface area contributed by atoms with Gasteiger partial charge in [0.05, 0.1) is 12.8 Å². The summed E-state index contributed by atoms with van der Waals surface area (Å²) in [5.74, 6) is 0.345. The smallest absolute Gasteiger partial charge is 0.407 e. The van der Waals surface area contributed by atoms with E-state index >= 15 is 0 Å². The molecule has 1 amide bonds. The van der Waals surface area contributed by atoms with E-state index in [2.05, 4.69) is 4.98 Å². The van der Waals surface area contributed by atoms with Gasteiger partial charge in [0, 0.05) is 29.3 Å². The van der Waals surface area contributed by atoms with Gasteiger partial charge in [-0.3, -0.25) is 4.98 Å². The molecule has 0 atom stereocenters. The van der Waals surface area contributed by atoms with Crippen molar-refractivity contribution in [2.45, 2.75) is 39.2 Å². The lowest BCUT2D eigenvalue weighted by Gasteiger charge is -2.36. The number of hydrogen-bond donors (Lipinski definition) is 1. The van der Waals surface area contributed by atoms with Crippen molar-refractivity contribution in [2.24, 2.45) is 5.41 Å². The van der Waals surface area contributed by atoms with E-state index in [1.165, 1.54) is 17.0 Å². The molecule has 0 radical (unpaired) electrons. The lowest BCUT2D eigenvalue weighted by Crippen LogP contribution is -2.48. The third-order valence-electron chi connectivity index (χ3n) is 4.93. The molecule has 0 spiro atoms. The van der Waals surface area contributed by atoms with Gasteiger partial charge in [0.2, 0.25) is 0 Å². The molecule has 0 saturated heterocycles. The summed E-state index contributed by atoms with van der Waals surface area (Å²) in [6.07, 6.45) is 4.32. The summed E-state index contributed by atoms with van der Waals surface area (Å²) >= 11 is 0. The number of amides is 1. The first-order chi connectivity index (χ1) is 12.7. The summed E-state index contributed by atoms with van der Waals surface area (Å²) in [6.45, 7) is 6.59. The second-order valence-corrected chi connectivity index (χ2v) is 8.24. The normalized spacial score (nSPS) is 15.3. The predicted octanol–water partition coefficient (Wildman–Crippen LogP) is 4.83. The third kappa shape index (κ3) is 4.76. The number of carbonyl (C=O) groups is 1. The molecule has 1 aromatic carbocycles. The molecule has 1 heterocycles. The first-order valence-electron chi connectivity index (χ1n) is 9.03. The molecule has 0 bridgehead atoms. The molecular weight excluding hydrogens is 347 g/mol. The lowest BCUT2D eigenvalue weighted by molar-refractivity contribution is 0.0746. The van der Waals surface area contributed by atoms with Crippen LogP contribution in [0.15, 0.2) is 42.7 Å². The van der Waals surface area contributed by atoms with E-state index in [9.17, 15) is 14.3 Å². The Balaban J connectivity index is 1.67. The fourth-order valence-electron chi connectivity index (χ4n) is 2.99. The second-order valence-electron chi connectivity index (χ2n) is 8.24. The van der Waals surface area contributed by atoms with Crippen LogP contribution in [0.4, 0.5) is 9.18 Å². The molecule has 0 aliphatic heterocycles. The molecular formula is C21H25FN2O3. The maximum absolute atomic E-state index is 13.1. The molecule has 1 saturated carbocycles. The van der Waals surface area contributed by atoms with Gasteiger partial charge in [0.25, 0.3) is 0 Å². The zero-order chi connectivity index (χ0) is 19.7. The highest BCUT2D eigenvalue weighted by atomic mass is 19.1. The molecule has 6 heteroatoms. The van der Waals surface area contributed by atoms with Gasteiger partial charge >= 0.3 is 6.09 Å². The van der Waals surface area contributed by atoms with Gasteiger partial charge in [0.15, 0.2) is 0 Å². The summed E-state index contributed by atoms with van der Waals surface area (Å²) in [5, 5.41) is 9.52. The molecule has 3 rings (SSSR count). The number of halogens is 1. The summed E-state index contributed by atoms with van der Waals surface area (Å²) < 4.78 is 19.1. The van der Waals surface area contributed by atoms with Crippen molar-refractivity contribution in [3.8, 4) is 16.9 Å². The number of aromatic nitrogens is 1. The minimum atomic E-state index is -0.909. The van der Waals surface area contributed by atoms with Gasteiger partial charge in [-0.15, -0.1) is 0 Å². The standard InChI is InChI=1S/C21H25FN2O3/c1-20(2,3)24(19(25)26)13-21(8-9-21)14-27-18-10-16(11-23-12-18)15-4-6-17(22)7-5-15/h4-7,10-12H,8-9,13-14H2,1-3H3,(H,25,26). The van der Waals surface area contributed by atoms with Crippen LogP contribution >= 0.6 is 0 Å². The maximum Gasteiger partial charge on any atom is 0.407 e. The van der Waals surface area contributed by atoms with Crippen LogP contribution < -0.4 is 4.74 Å². The zero-order valence-electron chi connectivity index (χ0n) is 15.9. The first-order valence-corrected chi connectivity index (χ1v) is 9.03. The van der Waals surface area contributed by atoms with Gasteiger partial charge in [-0.1, -0.05) is 12.1 Å². The number of hydrogen-bond acceptors (Lipinski definition) is 3. The largest absolute Gasteiger partial charge is 0.491 e. The lowest BCUT2D eigenvalue weighted by atomic mass is 10.0. The summed E-state index contributed by atoms with van der Waals surface area (Å²) in [6, 6.07) is 8.10. The van der Waals surface area contributed by atoms with Crippen molar-refractivity contribution in [3.63, 3.8) is 0 Å². The van der Waals surface area contributed by atoms with Crippen molar-refractivity contribution in [2.75, 3.05) is 13.2 Å². The average Bonchev–Trinajstić information content (AvgIpc) is 3.38. The van der Waals surface area contributed by atoms with Crippen LogP contribution in [-0.2, 0) is 0 Å². The topological polar surface area (TPSA) is 62.7 Å². The number of nitrogens with zero attached hydrogens (tertiary/aromatic N) is 2. The van der Waals surface area contributed by atoms with Crippen LogP contribution in [0.5, 0.6) is 5.75 Å². The SMILES string of the molecule is CC(C)(C)N(CC1(COc2cncc(-c3ccc(F)cc3)c2)CC1)C(=O)O. The van der Waals surface area contributed by atoms with E-state index in [-0.39, 0.29) is 11.2 Å². The highest BCUT2D eigenvalue weighted by molar-refractivity contribution is 5.66. The zero-order valence-corrected chi connectivity index (χ0v) is 15.9. The Morgan fingerprint density at radius 3 is 2.44 bits per heavy atom. The van der Waals surface area contributed by atoms with Crippen molar-refractivity contribution >= 4 is 6.09 Å². The van der Waals surface area contributed by atoms with Crippen LogP contribution in [-0.4, -0.2) is 39.8 Å². The second kappa shape index (κ2) is 7.18. The molecule has 1 N–H and O–H groups in total. The molecule has 1 fully saturated rings. The maximum atomic E-state index is 13.1. The minimum Gasteiger partial charge on any atom is -0.491 e. The van der Waals surface area contributed by atoms with Gasteiger partial charge in [0.1, 0.15) is 11.6 Å². The average molecular weight is 372 g/mol. The van der Waals surface area contributed by atoms with Gasteiger partial charge in [-0.25, -0.2) is 9.18 Å². The van der Waals surface area contributed by atoms with E-state index in [1.54, 1.807) is 24.5 Å². The Kier molecular flexibility index (Phi) is 5.09. The van der Waals surface area contributed by atoms with Crippen LogP contribution in [0.3, 0.4) is 0 Å². The number of rotatable bonds is 6. The third-order valence-corrected chi connectivity index (χ3v) is 4.93. The van der Waals surface area contributed by atoms with Gasteiger partial charge in [-0.05, 0) is 57.4 Å². The van der Waals surface area contributed by atoms with E-state index < -0.39 is 11.6 Å². The molecule has 5 nitrogen and oxygen atoms in total. The Hall–Kier alpha value is -2.63. The fraction of sp³-hybridized carbons (Fsp3) is 0.429. The molecule has 1 aromatic heterocycles. The minimum absolute atomic E-state index is 0.141. The molecule has 1 aliphatic rings. The number of benzene rings is 1. The van der Waals surface area contributed by atoms with Crippen LogP contribution in [0.1, 0.15) is 33.6 Å². The van der Waals surface area contributed by atoms with Crippen LogP contribution in [0, 0.1) is 11.2 Å². The van der Waals surface area contributed by atoms with Crippen molar-refractivity contribution in [1.29, 1.82) is 0 Å². The van der Waals surface area contributed by atoms with Crippen molar-refractivity contribution in [1.82, 2.24) is 9.88 Å². The predicted molar refractivity (Wildman–Crippen MR) is 101 cm³/mol. The highest BCUT2D eigenvalue weighted by Crippen LogP contribution is 2.47. The van der Waals surface area contributed by atoms with Crippen LogP contribution in [0.2, 0.25) is 0 Å². The molecule has 27 heavy (non-hydrogen) atoms. The summed E-state index contributed by atoms with van der Waals surface area (Å²) in [7, 11) is 0. The summed E-state index contributed by atoms with van der Waals surface area (Å²) in [5.41, 5.74) is 1.11. The van der Waals surface area contributed by atoms with Crippen LogP contribution in [0.25, 0.3) is 11.1 Å². The first kappa shape index (κ1) is 19.1. The van der Waals surface area contributed by atoms with Gasteiger partial charge in [-0.2, -0.15) is 0 Å². The quantitative estimate of drug-likeness (QED) is 0.789. The van der Waals surface area contributed by atoms with Crippen molar-refractivity contribution in [3.05, 3.63) is 48.5 Å². The monoisotopic (exact) mass is 372 g/mol. The Morgan fingerprint density at radius 1 is 1.22 bits per heavy atom. The number of ether oxygens (including phenoxy) is 1. The number of pyridine rings is 1. The Labute approximate surface area is 158 Å². The summed E-state index contributed by atoms with van der Waals surface area (Å²) in [4.78, 5) is 17.3. The van der Waals surface area contributed by atoms with E-state index in [0.717, 1.165) is 24.0 Å². The molecule has 1 aliphatic carbocycles. The molecule has 144 valence electrons. The fourth-order valence-corrected chi connectivity index (χ4v) is 2.99. The number of carboxylic acid groups (broad SMARTS) is 1. The van der Waals surface area contributed by atoms with E-state index in [4.69, 9.17) is 4.74 Å². The van der Waals surface area contributed by atoms with E-state index in [0.29, 0.717) is 18.9 Å². The Bertz CT molecular complexity index is 811. The molecule has 0 unspecified atom stereocenters. The Morgan fingerprint density at radius 2 is 1.89 bits per heavy atom. The van der Waals surface area contributed by atoms with Gasteiger partial charge < -0.3 is 14.7 Å². The molecule has 2 aromatic rings. The highest BCUT2D eigenvalue weighted by Gasteiger charge is 2.47. The van der Waals surface area contributed by atoms with Crippen molar-refractivity contribution < 1.29 is 19.0 Å².